The molecule has 4 nitrogen and oxygen atoms in total. The van der Waals surface area contributed by atoms with Crippen molar-refractivity contribution in [3.8, 4) is 0 Å². The van der Waals surface area contributed by atoms with Gasteiger partial charge >= 0.3 is 6.03 Å². The van der Waals surface area contributed by atoms with E-state index in [0.29, 0.717) is 11.8 Å². The Balaban J connectivity index is 2.03. The van der Waals surface area contributed by atoms with E-state index < -0.39 is 0 Å². The number of hydrogen-bond acceptors (Lipinski definition) is 2. The van der Waals surface area contributed by atoms with E-state index in [1.165, 1.54) is 0 Å². The van der Waals surface area contributed by atoms with E-state index in [9.17, 15) is 4.79 Å². The van der Waals surface area contributed by atoms with Crippen molar-refractivity contribution in [1.29, 1.82) is 0 Å². The number of likely N-dealkylation sites (tertiary alicyclic amines) is 1. The number of nitrogens with zero attached hydrogens (tertiary/aromatic N) is 1. The molecular weight excluding hydrogens is 202 g/mol. The molecule has 92 valence electrons. The maximum absolute atomic E-state index is 12.0. The largest absolute Gasteiger partial charge is 0.338 e. The normalized spacial score (nSPS) is 31.6. The van der Waals surface area contributed by atoms with Crippen LogP contribution in [0.15, 0.2) is 0 Å². The fraction of sp³-hybridized carbons (Fsp3) is 0.917. The molecule has 0 aromatic heterocycles. The maximum atomic E-state index is 12.0. The SMILES string of the molecule is CCCNC(=O)N1CC2CNCC2C1(C)C. The number of hydrogen-bond donors (Lipinski definition) is 2. The first-order valence-electron chi connectivity index (χ1n) is 6.33. The third kappa shape index (κ3) is 1.79. The minimum Gasteiger partial charge on any atom is -0.338 e. The van der Waals surface area contributed by atoms with Gasteiger partial charge < -0.3 is 15.5 Å². The number of nitrogens with one attached hydrogen (secondary N) is 2. The zero-order valence-electron chi connectivity index (χ0n) is 10.5. The molecule has 2 saturated heterocycles. The van der Waals surface area contributed by atoms with E-state index in [4.69, 9.17) is 0 Å². The van der Waals surface area contributed by atoms with E-state index in [0.717, 1.165) is 32.6 Å². The zero-order valence-corrected chi connectivity index (χ0v) is 10.5. The summed E-state index contributed by atoms with van der Waals surface area (Å²) < 4.78 is 0. The first kappa shape index (κ1) is 11.7. The van der Waals surface area contributed by atoms with E-state index in [-0.39, 0.29) is 11.6 Å². The Labute approximate surface area is 97.8 Å². The van der Waals surface area contributed by atoms with Crippen LogP contribution in [0.3, 0.4) is 0 Å². The van der Waals surface area contributed by atoms with Gasteiger partial charge in [-0.1, -0.05) is 6.92 Å². The average Bonchev–Trinajstić information content (AvgIpc) is 2.78. The van der Waals surface area contributed by atoms with Crippen LogP contribution in [0.4, 0.5) is 4.79 Å². The summed E-state index contributed by atoms with van der Waals surface area (Å²) >= 11 is 0. The Morgan fingerprint density at radius 2 is 2.25 bits per heavy atom. The van der Waals surface area contributed by atoms with Gasteiger partial charge in [0.1, 0.15) is 0 Å². The summed E-state index contributed by atoms with van der Waals surface area (Å²) in [6.45, 7) is 10.3. The third-order valence-electron chi connectivity index (χ3n) is 4.13. The van der Waals surface area contributed by atoms with Crippen molar-refractivity contribution in [3.05, 3.63) is 0 Å². The maximum Gasteiger partial charge on any atom is 0.317 e. The lowest BCUT2D eigenvalue weighted by molar-refractivity contribution is 0.146. The molecule has 16 heavy (non-hydrogen) atoms. The topological polar surface area (TPSA) is 44.4 Å². The second-order valence-electron chi connectivity index (χ2n) is 5.52. The second-order valence-corrected chi connectivity index (χ2v) is 5.52. The third-order valence-corrected chi connectivity index (χ3v) is 4.13. The summed E-state index contributed by atoms with van der Waals surface area (Å²) in [6, 6.07) is 0.112. The highest BCUT2D eigenvalue weighted by Gasteiger charge is 2.51. The number of amides is 2. The van der Waals surface area contributed by atoms with Crippen LogP contribution in [0.2, 0.25) is 0 Å². The fourth-order valence-electron chi connectivity index (χ4n) is 3.09. The van der Waals surface area contributed by atoms with Crippen LogP contribution in [0.25, 0.3) is 0 Å². The lowest BCUT2D eigenvalue weighted by Gasteiger charge is -2.35. The lowest BCUT2D eigenvalue weighted by Crippen LogP contribution is -2.51. The van der Waals surface area contributed by atoms with Crippen LogP contribution in [0.5, 0.6) is 0 Å². The summed E-state index contributed by atoms with van der Waals surface area (Å²) in [5, 5.41) is 6.41. The van der Waals surface area contributed by atoms with Crippen LogP contribution in [-0.4, -0.2) is 42.6 Å². The van der Waals surface area contributed by atoms with Crippen molar-refractivity contribution in [2.75, 3.05) is 26.2 Å². The van der Waals surface area contributed by atoms with Gasteiger partial charge in [-0.3, -0.25) is 0 Å². The number of rotatable bonds is 2. The summed E-state index contributed by atoms with van der Waals surface area (Å²) in [7, 11) is 0. The highest BCUT2D eigenvalue weighted by atomic mass is 16.2. The van der Waals surface area contributed by atoms with Gasteiger partial charge in [0.25, 0.3) is 0 Å². The highest BCUT2D eigenvalue weighted by Crippen LogP contribution is 2.40. The van der Waals surface area contributed by atoms with Gasteiger partial charge in [0.15, 0.2) is 0 Å². The number of carbonyl (C=O) groups excluding carboxylic acids is 1. The van der Waals surface area contributed by atoms with E-state index >= 15 is 0 Å². The summed E-state index contributed by atoms with van der Waals surface area (Å²) in [5.41, 5.74) is -0.00795. The quantitative estimate of drug-likeness (QED) is 0.737. The first-order chi connectivity index (χ1) is 7.57. The molecule has 0 spiro atoms. The summed E-state index contributed by atoms with van der Waals surface area (Å²) in [6.07, 6.45) is 0.994. The second kappa shape index (κ2) is 4.24. The monoisotopic (exact) mass is 225 g/mol. The Morgan fingerprint density at radius 3 is 2.88 bits per heavy atom. The summed E-state index contributed by atoms with van der Waals surface area (Å²) in [5.74, 6) is 1.25. The Bertz CT molecular complexity index is 277. The van der Waals surface area contributed by atoms with Crippen molar-refractivity contribution < 1.29 is 4.79 Å². The Kier molecular flexibility index (Phi) is 3.10. The number of fused-ring (bicyclic) bond motifs is 1. The standard InChI is InChI=1S/C12H23N3O/c1-4-5-14-11(16)15-8-9-6-13-7-10(9)12(15,2)3/h9-10,13H,4-8H2,1-3H3,(H,14,16). The van der Waals surface area contributed by atoms with Gasteiger partial charge in [0.2, 0.25) is 0 Å². The average molecular weight is 225 g/mol. The van der Waals surface area contributed by atoms with Crippen molar-refractivity contribution in [1.82, 2.24) is 15.5 Å². The van der Waals surface area contributed by atoms with Crippen LogP contribution >= 0.6 is 0 Å². The Hall–Kier alpha value is -0.770. The van der Waals surface area contributed by atoms with Crippen LogP contribution in [0.1, 0.15) is 27.2 Å². The number of urea groups is 1. The van der Waals surface area contributed by atoms with Crippen LogP contribution < -0.4 is 10.6 Å². The van der Waals surface area contributed by atoms with Crippen LogP contribution in [-0.2, 0) is 0 Å². The molecular formula is C12H23N3O. The first-order valence-corrected chi connectivity index (χ1v) is 6.33. The molecule has 2 N–H and O–H groups in total. The van der Waals surface area contributed by atoms with Crippen molar-refractivity contribution in [2.24, 2.45) is 11.8 Å². The van der Waals surface area contributed by atoms with E-state index in [2.05, 4.69) is 31.4 Å². The molecule has 2 fully saturated rings. The van der Waals surface area contributed by atoms with Crippen LogP contribution in [0, 0.1) is 11.8 Å². The fourth-order valence-corrected chi connectivity index (χ4v) is 3.09. The van der Waals surface area contributed by atoms with Gasteiger partial charge in [-0.15, -0.1) is 0 Å². The molecule has 2 unspecified atom stereocenters. The molecule has 0 aromatic rings. The molecule has 2 aliphatic rings. The van der Waals surface area contributed by atoms with Gasteiger partial charge in [-0.25, -0.2) is 4.79 Å². The van der Waals surface area contributed by atoms with Gasteiger partial charge in [-0.05, 0) is 32.1 Å². The molecule has 2 amide bonds. The number of carbonyl (C=O) groups is 1. The van der Waals surface area contributed by atoms with Crippen molar-refractivity contribution in [2.45, 2.75) is 32.7 Å². The molecule has 2 atom stereocenters. The molecule has 0 saturated carbocycles. The van der Waals surface area contributed by atoms with E-state index in [1.807, 2.05) is 4.90 Å². The van der Waals surface area contributed by atoms with Gasteiger partial charge in [0, 0.05) is 31.7 Å². The summed E-state index contributed by atoms with van der Waals surface area (Å²) in [4.78, 5) is 14.1. The minimum absolute atomic E-state index is 0.00795. The van der Waals surface area contributed by atoms with Crippen molar-refractivity contribution >= 4 is 6.03 Å². The molecule has 0 aromatic carbocycles. The Morgan fingerprint density at radius 1 is 1.50 bits per heavy atom. The smallest absolute Gasteiger partial charge is 0.317 e. The molecule has 2 aliphatic heterocycles. The molecule has 0 aliphatic carbocycles. The van der Waals surface area contributed by atoms with Gasteiger partial charge in [-0.2, -0.15) is 0 Å². The predicted molar refractivity (Wildman–Crippen MR) is 64.3 cm³/mol. The van der Waals surface area contributed by atoms with E-state index in [1.54, 1.807) is 0 Å². The molecule has 0 bridgehead atoms. The van der Waals surface area contributed by atoms with Gasteiger partial charge in [0.05, 0.1) is 0 Å². The molecule has 4 heteroatoms. The zero-order chi connectivity index (χ0) is 11.8. The lowest BCUT2D eigenvalue weighted by atomic mass is 9.85. The molecule has 0 radical (unpaired) electrons. The molecule has 2 rings (SSSR count). The molecule has 2 heterocycles. The predicted octanol–water partition coefficient (Wildman–Crippen LogP) is 1.04. The minimum atomic E-state index is -0.00795. The highest BCUT2D eigenvalue weighted by molar-refractivity contribution is 5.75. The van der Waals surface area contributed by atoms with Crippen molar-refractivity contribution in [3.63, 3.8) is 0 Å².